The number of aryl methyl sites for hydroxylation is 2. The Morgan fingerprint density at radius 3 is 1.75 bits per heavy atom. The quantitative estimate of drug-likeness (QED) is 0.779. The van der Waals surface area contributed by atoms with E-state index in [0.717, 1.165) is 61.3 Å². The Morgan fingerprint density at radius 2 is 1.25 bits per heavy atom. The minimum absolute atomic E-state index is 0.0461. The van der Waals surface area contributed by atoms with Crippen molar-refractivity contribution >= 4 is 0 Å². The molecule has 2 aromatic rings. The highest BCUT2D eigenvalue weighted by atomic mass is 16.6. The minimum Gasteiger partial charge on any atom is -0.244 e. The lowest BCUT2D eigenvalue weighted by atomic mass is 9.96. The molecule has 0 unspecified atom stereocenters. The Hall–Kier alpha value is -2.12. The van der Waals surface area contributed by atoms with Gasteiger partial charge in [0.2, 0.25) is 0 Å². The molecule has 8 heteroatoms. The standard InChI is InChI=1S/C12H14N6O2/c1-3-7(11-9(5-1)15-19-17-11)13-14-8-4-2-6-10-12(8)18-20-16-10/h7-8H,1-6H2/t7-,8-/m0/s1. The molecule has 2 atom stereocenters. The third-order valence-corrected chi connectivity index (χ3v) is 3.93. The molecule has 2 heterocycles. The van der Waals surface area contributed by atoms with Gasteiger partial charge in [0.05, 0.1) is 0 Å². The van der Waals surface area contributed by atoms with Gasteiger partial charge in [0.25, 0.3) is 0 Å². The van der Waals surface area contributed by atoms with Gasteiger partial charge in [-0.1, -0.05) is 20.6 Å². The van der Waals surface area contributed by atoms with Crippen molar-refractivity contribution in [1.82, 2.24) is 20.6 Å². The van der Waals surface area contributed by atoms with Crippen LogP contribution in [0.4, 0.5) is 0 Å². The summed E-state index contributed by atoms with van der Waals surface area (Å²) >= 11 is 0. The molecule has 104 valence electrons. The van der Waals surface area contributed by atoms with Crippen LogP contribution in [0.15, 0.2) is 19.5 Å². The van der Waals surface area contributed by atoms with E-state index in [4.69, 9.17) is 9.26 Å². The molecule has 0 spiro atoms. The number of nitrogens with zero attached hydrogens (tertiary/aromatic N) is 6. The van der Waals surface area contributed by atoms with Crippen LogP contribution in [-0.2, 0) is 12.8 Å². The molecule has 0 saturated carbocycles. The maximum absolute atomic E-state index is 4.79. The molecule has 0 aromatic carbocycles. The van der Waals surface area contributed by atoms with Crippen molar-refractivity contribution in [2.24, 2.45) is 10.2 Å². The van der Waals surface area contributed by atoms with Crippen LogP contribution in [0.1, 0.15) is 60.5 Å². The van der Waals surface area contributed by atoms with E-state index in [1.807, 2.05) is 0 Å². The van der Waals surface area contributed by atoms with Crippen LogP contribution in [0.5, 0.6) is 0 Å². The van der Waals surface area contributed by atoms with Gasteiger partial charge < -0.3 is 0 Å². The van der Waals surface area contributed by atoms with Crippen molar-refractivity contribution in [1.29, 1.82) is 0 Å². The molecule has 0 N–H and O–H groups in total. The number of hydrogen-bond donors (Lipinski definition) is 0. The molecule has 0 saturated heterocycles. The zero-order chi connectivity index (χ0) is 13.4. The van der Waals surface area contributed by atoms with E-state index in [-0.39, 0.29) is 12.1 Å². The highest BCUT2D eigenvalue weighted by Gasteiger charge is 2.28. The largest absolute Gasteiger partial charge is 0.244 e. The number of azo groups is 1. The first kappa shape index (κ1) is 11.7. The van der Waals surface area contributed by atoms with Crippen molar-refractivity contribution in [2.75, 3.05) is 0 Å². The summed E-state index contributed by atoms with van der Waals surface area (Å²) in [6.07, 6.45) is 5.75. The smallest absolute Gasteiger partial charge is 0.134 e. The Bertz CT molecular complexity index is 579. The molecular weight excluding hydrogens is 260 g/mol. The second kappa shape index (κ2) is 4.77. The van der Waals surface area contributed by atoms with Gasteiger partial charge in [0, 0.05) is 0 Å². The number of fused-ring (bicyclic) bond motifs is 2. The average Bonchev–Trinajstić information content (AvgIpc) is 3.13. The fourth-order valence-corrected chi connectivity index (χ4v) is 2.86. The van der Waals surface area contributed by atoms with E-state index in [9.17, 15) is 0 Å². The van der Waals surface area contributed by atoms with Crippen molar-refractivity contribution in [3.63, 3.8) is 0 Å². The molecule has 0 fully saturated rings. The first-order chi connectivity index (χ1) is 9.92. The van der Waals surface area contributed by atoms with Crippen molar-refractivity contribution in [2.45, 2.75) is 50.6 Å². The fraction of sp³-hybridized carbons (Fsp3) is 0.667. The Morgan fingerprint density at radius 1 is 0.750 bits per heavy atom. The summed E-state index contributed by atoms with van der Waals surface area (Å²) in [5, 5.41) is 24.6. The number of rotatable bonds is 2. The summed E-state index contributed by atoms with van der Waals surface area (Å²) in [6, 6.07) is -0.0922. The Labute approximate surface area is 114 Å². The van der Waals surface area contributed by atoms with Crippen molar-refractivity contribution in [3.8, 4) is 0 Å². The van der Waals surface area contributed by atoms with Gasteiger partial charge in [-0.25, -0.2) is 9.26 Å². The molecule has 2 aliphatic rings. The first-order valence-corrected chi connectivity index (χ1v) is 6.94. The van der Waals surface area contributed by atoms with E-state index in [1.165, 1.54) is 0 Å². The Balaban J connectivity index is 1.57. The summed E-state index contributed by atoms with van der Waals surface area (Å²) in [5.41, 5.74) is 3.48. The molecular formula is C12H14N6O2. The second-order valence-corrected chi connectivity index (χ2v) is 5.24. The van der Waals surface area contributed by atoms with Gasteiger partial charge in [-0.2, -0.15) is 10.2 Å². The van der Waals surface area contributed by atoms with Crippen LogP contribution in [0, 0.1) is 0 Å². The van der Waals surface area contributed by atoms with E-state index < -0.39 is 0 Å². The Kier molecular flexibility index (Phi) is 2.79. The molecule has 0 radical (unpaired) electrons. The molecule has 8 nitrogen and oxygen atoms in total. The monoisotopic (exact) mass is 274 g/mol. The van der Waals surface area contributed by atoms with Gasteiger partial charge in [-0.05, 0) is 38.5 Å². The third-order valence-electron chi connectivity index (χ3n) is 3.93. The zero-order valence-electron chi connectivity index (χ0n) is 10.9. The van der Waals surface area contributed by atoms with Gasteiger partial charge in [-0.15, -0.1) is 0 Å². The van der Waals surface area contributed by atoms with Gasteiger partial charge >= 0.3 is 0 Å². The van der Waals surface area contributed by atoms with E-state index in [2.05, 4.69) is 30.9 Å². The van der Waals surface area contributed by atoms with Crippen LogP contribution in [0.25, 0.3) is 0 Å². The van der Waals surface area contributed by atoms with Crippen LogP contribution < -0.4 is 0 Å². The number of hydrogen-bond acceptors (Lipinski definition) is 8. The molecule has 2 aromatic heterocycles. The molecule has 4 rings (SSSR count). The third kappa shape index (κ3) is 1.91. The SMILES string of the molecule is C1Cc2nonc2[C@@H](N=N[C@H]2CCCc3nonc32)C1. The summed E-state index contributed by atoms with van der Waals surface area (Å²) in [5.74, 6) is 0. The summed E-state index contributed by atoms with van der Waals surface area (Å²) in [7, 11) is 0. The highest BCUT2D eigenvalue weighted by Crippen LogP contribution is 2.34. The second-order valence-electron chi connectivity index (χ2n) is 5.24. The van der Waals surface area contributed by atoms with Crippen LogP contribution in [-0.4, -0.2) is 20.6 Å². The van der Waals surface area contributed by atoms with Crippen LogP contribution >= 0.6 is 0 Å². The van der Waals surface area contributed by atoms with E-state index in [0.29, 0.717) is 0 Å². The zero-order valence-corrected chi connectivity index (χ0v) is 10.9. The topological polar surface area (TPSA) is 103 Å². The first-order valence-electron chi connectivity index (χ1n) is 6.94. The molecule has 0 amide bonds. The highest BCUT2D eigenvalue weighted by molar-refractivity contribution is 5.17. The molecule has 2 aliphatic carbocycles. The van der Waals surface area contributed by atoms with Crippen molar-refractivity contribution < 1.29 is 9.26 Å². The lowest BCUT2D eigenvalue weighted by Gasteiger charge is -2.17. The fourth-order valence-electron chi connectivity index (χ4n) is 2.86. The van der Waals surface area contributed by atoms with Gasteiger partial charge in [0.1, 0.15) is 34.9 Å². The van der Waals surface area contributed by atoms with Crippen LogP contribution in [0.3, 0.4) is 0 Å². The summed E-state index contributed by atoms with van der Waals surface area (Å²) in [4.78, 5) is 0. The van der Waals surface area contributed by atoms with Crippen LogP contribution in [0.2, 0.25) is 0 Å². The van der Waals surface area contributed by atoms with Gasteiger partial charge in [0.15, 0.2) is 0 Å². The predicted molar refractivity (Wildman–Crippen MR) is 64.8 cm³/mol. The molecule has 0 aliphatic heterocycles. The predicted octanol–water partition coefficient (Wildman–Crippen LogP) is 2.36. The lowest BCUT2D eigenvalue weighted by molar-refractivity contribution is 0.298. The van der Waals surface area contributed by atoms with Gasteiger partial charge in [-0.3, -0.25) is 0 Å². The maximum atomic E-state index is 4.79. The number of aromatic nitrogens is 4. The summed E-state index contributed by atoms with van der Waals surface area (Å²) in [6.45, 7) is 0. The lowest BCUT2D eigenvalue weighted by Crippen LogP contribution is -2.10. The molecule has 20 heavy (non-hydrogen) atoms. The maximum Gasteiger partial charge on any atom is 0.134 e. The van der Waals surface area contributed by atoms with E-state index >= 15 is 0 Å². The molecule has 0 bridgehead atoms. The summed E-state index contributed by atoms with van der Waals surface area (Å²) < 4.78 is 9.59. The average molecular weight is 274 g/mol. The minimum atomic E-state index is -0.0461. The normalized spacial score (nSPS) is 25.6. The van der Waals surface area contributed by atoms with Crippen molar-refractivity contribution in [3.05, 3.63) is 22.8 Å². The van der Waals surface area contributed by atoms with E-state index in [1.54, 1.807) is 0 Å².